The summed E-state index contributed by atoms with van der Waals surface area (Å²) in [5, 5.41) is 0.504. The van der Waals surface area contributed by atoms with Crippen molar-refractivity contribution in [3.8, 4) is 0 Å². The summed E-state index contributed by atoms with van der Waals surface area (Å²) in [6, 6.07) is 8.19. The molecule has 1 fully saturated rings. The SMILES string of the molecule is CC1(C)C(/C=C2\C(=S)C(/C=C3/N(CCCCCC(=O)ON4C(=O)CCC4=O)c4ccc(S(=O)(=O)O)cc4C3(C)C)=C2S)=[N+](CC(=O)NS(C)(=O)=O)c2ccc(S(=O)(=O)O)cc21.[K]. The van der Waals surface area contributed by atoms with Crippen LogP contribution in [-0.4, -0.2) is 149 Å². The van der Waals surface area contributed by atoms with E-state index in [-0.39, 0.29) is 80.4 Å². The molecule has 327 valence electrons. The van der Waals surface area contributed by atoms with E-state index in [1.165, 1.54) is 34.9 Å². The monoisotopic (exact) mass is 974 g/mol. The smallest absolute Gasteiger partial charge is 0.333 e. The molecule has 1 aliphatic carbocycles. The summed E-state index contributed by atoms with van der Waals surface area (Å²) in [4.78, 5) is 56.1. The Morgan fingerprint density at radius 1 is 0.887 bits per heavy atom. The van der Waals surface area contributed by atoms with Crippen LogP contribution in [0, 0.1) is 0 Å². The van der Waals surface area contributed by atoms with Crippen LogP contribution in [0.3, 0.4) is 0 Å². The van der Waals surface area contributed by atoms with Gasteiger partial charge in [-0.25, -0.2) is 17.9 Å². The van der Waals surface area contributed by atoms with Crippen molar-refractivity contribution in [1.82, 2.24) is 9.79 Å². The molecule has 3 heterocycles. The number of carbonyl (C=O) groups is 4. The number of thiol groups is 1. The van der Waals surface area contributed by atoms with Gasteiger partial charge in [0.1, 0.15) is 0 Å². The molecule has 6 rings (SSSR count). The second-order valence-corrected chi connectivity index (χ2v) is 21.5. The summed E-state index contributed by atoms with van der Waals surface area (Å²) < 4.78 is 95.6. The normalized spacial score (nSPS) is 19.5. The molecule has 4 aliphatic rings. The molecule has 2 aromatic rings. The minimum atomic E-state index is -4.61. The number of anilines is 1. The van der Waals surface area contributed by atoms with Crippen LogP contribution in [0.2, 0.25) is 0 Å². The molecule has 23 heteroatoms. The molecule has 1 radical (unpaired) electrons. The van der Waals surface area contributed by atoms with E-state index in [1.54, 1.807) is 26.0 Å². The Balaban J connectivity index is 0.00000726. The number of thiocarbonyl (C=S) groups is 1. The van der Waals surface area contributed by atoms with Gasteiger partial charge in [0.15, 0.2) is 5.71 Å². The summed E-state index contributed by atoms with van der Waals surface area (Å²) in [7, 11) is -13.1. The maximum absolute atomic E-state index is 13.0. The van der Waals surface area contributed by atoms with Gasteiger partial charge in [-0.15, -0.1) is 17.7 Å². The first-order valence-corrected chi connectivity index (χ1v) is 24.4. The molecule has 0 saturated carbocycles. The Kier molecular flexibility index (Phi) is 14.7. The van der Waals surface area contributed by atoms with E-state index >= 15 is 0 Å². The van der Waals surface area contributed by atoms with Crippen LogP contribution < -0.4 is 9.62 Å². The number of imide groups is 1. The zero-order chi connectivity index (χ0) is 45.2. The van der Waals surface area contributed by atoms with E-state index in [1.807, 2.05) is 29.5 Å². The van der Waals surface area contributed by atoms with Gasteiger partial charge in [0.2, 0.25) is 22.3 Å². The molecule has 0 spiro atoms. The molecule has 3 N–H and O–H groups in total. The molecule has 0 aromatic heterocycles. The fourth-order valence-electron chi connectivity index (χ4n) is 7.85. The van der Waals surface area contributed by atoms with Crippen molar-refractivity contribution in [2.24, 2.45) is 0 Å². The minimum absolute atomic E-state index is 0. The number of nitrogens with zero attached hydrogens (tertiary/aromatic N) is 3. The molecule has 17 nitrogen and oxygen atoms in total. The fourth-order valence-corrected chi connectivity index (χ4v) is 10.2. The predicted octanol–water partition coefficient (Wildman–Crippen LogP) is 3.59. The fraction of sp³-hybridized carbons (Fsp3) is 0.385. The molecule has 0 bridgehead atoms. The zero-order valence-corrected chi connectivity index (χ0v) is 41.9. The average Bonchev–Trinajstić information content (AvgIpc) is 3.65. The molecule has 62 heavy (non-hydrogen) atoms. The summed E-state index contributed by atoms with van der Waals surface area (Å²) >= 11 is 10.8. The third-order valence-electron chi connectivity index (χ3n) is 10.9. The molecule has 3 amide bonds. The van der Waals surface area contributed by atoms with Crippen molar-refractivity contribution >= 4 is 152 Å². The first kappa shape index (κ1) is 50.1. The second-order valence-electron chi connectivity index (χ2n) is 16.0. The number of nitrogens with one attached hydrogen (secondary N) is 1. The number of amides is 3. The van der Waals surface area contributed by atoms with Crippen LogP contribution in [-0.2, 0) is 65.1 Å². The minimum Gasteiger partial charge on any atom is -0.344 e. The van der Waals surface area contributed by atoms with E-state index in [2.05, 4.69) is 0 Å². The van der Waals surface area contributed by atoms with E-state index in [4.69, 9.17) is 29.7 Å². The molecular weight excluding hydrogens is 932 g/mol. The van der Waals surface area contributed by atoms with Gasteiger partial charge in [-0.3, -0.25) is 23.5 Å². The number of carbonyl (C=O) groups excluding carboxylic acids is 4. The molecule has 2 aromatic carbocycles. The van der Waals surface area contributed by atoms with Crippen LogP contribution in [0.4, 0.5) is 11.4 Å². The Hall–Kier alpha value is -2.94. The van der Waals surface area contributed by atoms with Gasteiger partial charge in [-0.2, -0.15) is 21.4 Å². The summed E-state index contributed by atoms with van der Waals surface area (Å²) in [6.45, 7) is 7.22. The van der Waals surface area contributed by atoms with Crippen molar-refractivity contribution in [3.05, 3.63) is 81.4 Å². The van der Waals surface area contributed by atoms with Crippen LogP contribution in [0.15, 0.2) is 80.1 Å². The first-order chi connectivity index (χ1) is 28.1. The van der Waals surface area contributed by atoms with Crippen molar-refractivity contribution in [1.29, 1.82) is 0 Å². The molecule has 1 saturated heterocycles. The largest absolute Gasteiger partial charge is 0.344 e. The molecule has 0 atom stereocenters. The number of hydroxylamine groups is 2. The first-order valence-electron chi connectivity index (χ1n) is 18.8. The Labute approximate surface area is 413 Å². The quantitative estimate of drug-likeness (QED) is 0.0309. The van der Waals surface area contributed by atoms with Gasteiger partial charge in [0.05, 0.1) is 26.3 Å². The molecule has 0 unspecified atom stereocenters. The number of hydrogen-bond donors (Lipinski definition) is 4. The van der Waals surface area contributed by atoms with E-state index in [9.17, 15) is 53.5 Å². The van der Waals surface area contributed by atoms with Gasteiger partial charge in [0.25, 0.3) is 38.0 Å². The number of rotatable bonds is 14. The molecule has 3 aliphatic heterocycles. The van der Waals surface area contributed by atoms with Gasteiger partial charge in [-0.1, -0.05) is 32.5 Å². The summed E-state index contributed by atoms with van der Waals surface area (Å²) in [5.74, 6) is -2.71. The number of allylic oxidation sites excluding steroid dienone is 5. The average molecular weight is 975 g/mol. The number of unbranched alkanes of at least 4 members (excludes halogenated alkanes) is 2. The summed E-state index contributed by atoms with van der Waals surface area (Å²) in [5.41, 5.74) is 2.44. The van der Waals surface area contributed by atoms with Crippen LogP contribution in [0.25, 0.3) is 0 Å². The van der Waals surface area contributed by atoms with Gasteiger partial charge in [0, 0.05) is 128 Å². The number of fused-ring (bicyclic) bond motifs is 2. The van der Waals surface area contributed by atoms with E-state index in [0.29, 0.717) is 85.7 Å². The Morgan fingerprint density at radius 3 is 2.03 bits per heavy atom. The molecular formula is C39H43KN4O13S5+. The van der Waals surface area contributed by atoms with Crippen molar-refractivity contribution in [3.63, 3.8) is 0 Å². The van der Waals surface area contributed by atoms with Crippen LogP contribution >= 0.6 is 24.8 Å². The standard InChI is InChI=1S/C39H42N4O13S5.K/c1-38(2)26-17-22(60(50,51)52)10-12-28(26)41(16-8-6-7-9-35(47)56-43-33(45)14-15-34(43)46)30(38)19-24-36(57)25(37(24)58)20-31-39(3,4)27-18-23(61(53,54)55)11-13-29(27)42(31)21-32(44)40-59(5,48)49;/h10-13,17-20H,6-9,14-16,21H2,1-5H3,(H3-,40,44,50,51,52,53,54,55,57,58);/p+1. The Bertz CT molecular complexity index is 2800. The van der Waals surface area contributed by atoms with Crippen molar-refractivity contribution in [2.45, 2.75) is 86.8 Å². The predicted molar refractivity (Wildman–Crippen MR) is 235 cm³/mol. The van der Waals surface area contributed by atoms with E-state index < -0.39 is 71.3 Å². The third-order valence-corrected chi connectivity index (χ3v) is 14.2. The Morgan fingerprint density at radius 2 is 1.47 bits per heavy atom. The topological polar surface area (TPSA) is 242 Å². The number of hydrogen-bond acceptors (Lipinski definition) is 14. The van der Waals surface area contributed by atoms with Gasteiger partial charge < -0.3 is 9.74 Å². The van der Waals surface area contributed by atoms with Crippen molar-refractivity contribution in [2.75, 3.05) is 24.2 Å². The van der Waals surface area contributed by atoms with E-state index in [0.717, 1.165) is 6.26 Å². The van der Waals surface area contributed by atoms with Crippen LogP contribution in [0.5, 0.6) is 0 Å². The number of benzene rings is 2. The maximum Gasteiger partial charge on any atom is 0.333 e. The third kappa shape index (κ3) is 10.1. The van der Waals surface area contributed by atoms with Crippen molar-refractivity contribution < 1.29 is 63.0 Å². The van der Waals surface area contributed by atoms with Gasteiger partial charge >= 0.3 is 5.97 Å². The maximum atomic E-state index is 13.0. The van der Waals surface area contributed by atoms with Crippen LogP contribution in [0.1, 0.15) is 77.3 Å². The number of sulfonamides is 1. The summed E-state index contributed by atoms with van der Waals surface area (Å²) in [6.07, 6.45) is 5.75. The second kappa shape index (κ2) is 18.1. The van der Waals surface area contributed by atoms with Gasteiger partial charge in [-0.05, 0) is 68.7 Å². The zero-order valence-electron chi connectivity index (χ0n) is 34.6.